The minimum atomic E-state index is -0.464. The summed E-state index contributed by atoms with van der Waals surface area (Å²) in [5.41, 5.74) is 4.42. The number of amides is 2. The van der Waals surface area contributed by atoms with Crippen LogP contribution in [0.3, 0.4) is 0 Å². The molecule has 0 bridgehead atoms. The molecular formula is C23H24N6O2. The van der Waals surface area contributed by atoms with Gasteiger partial charge in [0.25, 0.3) is 0 Å². The monoisotopic (exact) mass is 416 g/mol. The molecule has 8 nitrogen and oxygen atoms in total. The molecule has 158 valence electrons. The summed E-state index contributed by atoms with van der Waals surface area (Å²) in [5, 5.41) is 12.0. The predicted octanol–water partition coefficient (Wildman–Crippen LogP) is 3.80. The zero-order chi connectivity index (χ0) is 21.8. The molecule has 3 aromatic rings. The highest BCUT2D eigenvalue weighted by atomic mass is 16.2. The van der Waals surface area contributed by atoms with Gasteiger partial charge in [0.05, 0.1) is 0 Å². The second-order valence-corrected chi connectivity index (χ2v) is 7.56. The number of nitrogens with zero attached hydrogens (tertiary/aromatic N) is 2. The van der Waals surface area contributed by atoms with Crippen LogP contribution in [0.15, 0.2) is 54.6 Å². The predicted molar refractivity (Wildman–Crippen MR) is 121 cm³/mol. The van der Waals surface area contributed by atoms with Crippen molar-refractivity contribution >= 4 is 40.6 Å². The molecule has 31 heavy (non-hydrogen) atoms. The molecule has 4 rings (SSSR count). The van der Waals surface area contributed by atoms with Gasteiger partial charge in [0.15, 0.2) is 0 Å². The largest absolute Gasteiger partial charge is 0.344 e. The molecule has 1 fully saturated rings. The van der Waals surface area contributed by atoms with Gasteiger partial charge in [-0.1, -0.05) is 17.7 Å². The molecule has 0 aliphatic carbocycles. The Labute approximate surface area is 180 Å². The summed E-state index contributed by atoms with van der Waals surface area (Å²) in [4.78, 5) is 32.5. The van der Waals surface area contributed by atoms with E-state index in [0.717, 1.165) is 17.1 Å². The SMILES string of the molecule is Cc1ccc(Nc2nc(C)cc(Nc3ccc(NC(=O)[C@H]4CCC(=O)N4)cc3)n2)cc1. The minimum absolute atomic E-state index is 0.0870. The molecule has 0 saturated carbocycles. The lowest BCUT2D eigenvalue weighted by Gasteiger charge is -2.12. The number of benzene rings is 2. The van der Waals surface area contributed by atoms with Gasteiger partial charge in [-0.2, -0.15) is 4.98 Å². The van der Waals surface area contributed by atoms with E-state index in [2.05, 4.69) is 31.2 Å². The molecule has 1 aliphatic heterocycles. The number of nitrogens with one attached hydrogen (secondary N) is 4. The fourth-order valence-electron chi connectivity index (χ4n) is 3.28. The Kier molecular flexibility index (Phi) is 5.79. The highest BCUT2D eigenvalue weighted by Gasteiger charge is 2.27. The number of hydrogen-bond donors (Lipinski definition) is 4. The van der Waals surface area contributed by atoms with Crippen molar-refractivity contribution in [3.63, 3.8) is 0 Å². The summed E-state index contributed by atoms with van der Waals surface area (Å²) < 4.78 is 0. The van der Waals surface area contributed by atoms with Crippen LogP contribution < -0.4 is 21.3 Å². The van der Waals surface area contributed by atoms with Crippen molar-refractivity contribution in [2.75, 3.05) is 16.0 Å². The van der Waals surface area contributed by atoms with Crippen LogP contribution in [0.2, 0.25) is 0 Å². The lowest BCUT2D eigenvalue weighted by Crippen LogP contribution is -2.37. The van der Waals surface area contributed by atoms with E-state index in [1.807, 2.05) is 56.3 Å². The average molecular weight is 416 g/mol. The number of aromatic nitrogens is 2. The van der Waals surface area contributed by atoms with E-state index in [-0.39, 0.29) is 11.8 Å². The maximum absolute atomic E-state index is 12.2. The van der Waals surface area contributed by atoms with Gasteiger partial charge in [-0.3, -0.25) is 9.59 Å². The quantitative estimate of drug-likeness (QED) is 0.487. The first-order valence-electron chi connectivity index (χ1n) is 10.1. The topological polar surface area (TPSA) is 108 Å². The number of anilines is 5. The Morgan fingerprint density at radius 3 is 2.26 bits per heavy atom. The van der Waals surface area contributed by atoms with Crippen LogP contribution in [0.1, 0.15) is 24.1 Å². The molecule has 8 heteroatoms. The van der Waals surface area contributed by atoms with E-state index in [9.17, 15) is 9.59 Å². The third kappa shape index (κ3) is 5.36. The van der Waals surface area contributed by atoms with Crippen molar-refractivity contribution in [1.29, 1.82) is 0 Å². The number of carbonyl (C=O) groups is 2. The molecule has 1 saturated heterocycles. The Morgan fingerprint density at radius 1 is 0.935 bits per heavy atom. The van der Waals surface area contributed by atoms with Gasteiger partial charge in [-0.05, 0) is 56.7 Å². The molecule has 2 heterocycles. The molecule has 0 radical (unpaired) electrons. The normalized spacial score (nSPS) is 15.3. The molecule has 2 aromatic carbocycles. The Bertz CT molecular complexity index is 1100. The van der Waals surface area contributed by atoms with E-state index in [1.54, 1.807) is 12.1 Å². The van der Waals surface area contributed by atoms with Crippen LogP contribution >= 0.6 is 0 Å². The van der Waals surface area contributed by atoms with Crippen LogP contribution in [0.4, 0.5) is 28.8 Å². The Balaban J connectivity index is 1.40. The highest BCUT2D eigenvalue weighted by molar-refractivity contribution is 5.99. The van der Waals surface area contributed by atoms with Crippen molar-refractivity contribution in [2.45, 2.75) is 32.7 Å². The second kappa shape index (κ2) is 8.83. The van der Waals surface area contributed by atoms with Crippen LogP contribution in [-0.2, 0) is 9.59 Å². The smallest absolute Gasteiger partial charge is 0.246 e. The van der Waals surface area contributed by atoms with Gasteiger partial charge in [0.2, 0.25) is 17.8 Å². The van der Waals surface area contributed by atoms with Gasteiger partial charge in [-0.25, -0.2) is 4.98 Å². The molecule has 0 unspecified atom stereocenters. The van der Waals surface area contributed by atoms with E-state index in [1.165, 1.54) is 5.56 Å². The zero-order valence-electron chi connectivity index (χ0n) is 17.4. The first kappa shape index (κ1) is 20.3. The number of carbonyl (C=O) groups excluding carboxylic acids is 2. The number of hydrogen-bond acceptors (Lipinski definition) is 6. The van der Waals surface area contributed by atoms with Crippen molar-refractivity contribution in [3.8, 4) is 0 Å². The third-order valence-electron chi connectivity index (χ3n) is 4.90. The molecule has 1 aromatic heterocycles. The summed E-state index contributed by atoms with van der Waals surface area (Å²) >= 11 is 0. The second-order valence-electron chi connectivity index (χ2n) is 7.56. The maximum atomic E-state index is 12.2. The van der Waals surface area contributed by atoms with Crippen molar-refractivity contribution in [2.24, 2.45) is 0 Å². The summed E-state index contributed by atoms with van der Waals surface area (Å²) in [6.45, 7) is 3.95. The molecular weight excluding hydrogens is 392 g/mol. The summed E-state index contributed by atoms with van der Waals surface area (Å²) in [5.74, 6) is 0.877. The van der Waals surface area contributed by atoms with Crippen LogP contribution in [0.25, 0.3) is 0 Å². The van der Waals surface area contributed by atoms with Gasteiger partial charge < -0.3 is 21.3 Å². The highest BCUT2D eigenvalue weighted by Crippen LogP contribution is 2.21. The lowest BCUT2D eigenvalue weighted by molar-refractivity contribution is -0.122. The summed E-state index contributed by atoms with van der Waals surface area (Å²) in [6.07, 6.45) is 0.913. The fraction of sp³-hybridized carbons (Fsp3) is 0.217. The van der Waals surface area contributed by atoms with E-state index < -0.39 is 6.04 Å². The molecule has 1 aliphatic rings. The summed E-state index contributed by atoms with van der Waals surface area (Å²) in [7, 11) is 0. The van der Waals surface area contributed by atoms with Gasteiger partial charge in [0.1, 0.15) is 11.9 Å². The average Bonchev–Trinajstić information content (AvgIpc) is 3.17. The summed E-state index contributed by atoms with van der Waals surface area (Å²) in [6, 6.07) is 16.7. The first-order chi connectivity index (χ1) is 14.9. The van der Waals surface area contributed by atoms with Crippen molar-refractivity contribution in [3.05, 3.63) is 65.9 Å². The van der Waals surface area contributed by atoms with E-state index in [0.29, 0.717) is 30.3 Å². The van der Waals surface area contributed by atoms with Gasteiger partial charge in [-0.15, -0.1) is 0 Å². The van der Waals surface area contributed by atoms with Gasteiger partial charge >= 0.3 is 0 Å². The molecule has 4 N–H and O–H groups in total. The van der Waals surface area contributed by atoms with Crippen molar-refractivity contribution < 1.29 is 9.59 Å². The lowest BCUT2D eigenvalue weighted by atomic mass is 10.2. The maximum Gasteiger partial charge on any atom is 0.246 e. The van der Waals surface area contributed by atoms with Gasteiger partial charge in [0, 0.05) is 35.2 Å². The van der Waals surface area contributed by atoms with E-state index >= 15 is 0 Å². The van der Waals surface area contributed by atoms with Crippen LogP contribution in [0, 0.1) is 13.8 Å². The van der Waals surface area contributed by atoms with Crippen LogP contribution in [-0.4, -0.2) is 27.8 Å². The zero-order valence-corrected chi connectivity index (χ0v) is 17.4. The Hall–Kier alpha value is -3.94. The van der Waals surface area contributed by atoms with Crippen LogP contribution in [0.5, 0.6) is 0 Å². The Morgan fingerprint density at radius 2 is 1.58 bits per heavy atom. The third-order valence-corrected chi connectivity index (χ3v) is 4.90. The molecule has 0 spiro atoms. The number of aryl methyl sites for hydroxylation is 2. The first-order valence-corrected chi connectivity index (χ1v) is 10.1. The standard InChI is InChI=1S/C23H24N6O2/c1-14-3-5-18(6-4-14)27-23-24-15(2)13-20(29-23)25-16-7-9-17(10-8-16)26-22(31)19-11-12-21(30)28-19/h3-10,13,19H,11-12H2,1-2H3,(H,26,31)(H,28,30)(H2,24,25,27,29)/t19-/m1/s1. The van der Waals surface area contributed by atoms with Crippen molar-refractivity contribution in [1.82, 2.24) is 15.3 Å². The molecule has 1 atom stereocenters. The number of rotatable bonds is 6. The molecule has 2 amide bonds. The van der Waals surface area contributed by atoms with E-state index in [4.69, 9.17) is 0 Å². The fourth-order valence-corrected chi connectivity index (χ4v) is 3.28. The minimum Gasteiger partial charge on any atom is -0.344 e.